The number of hydrogen-bond acceptors (Lipinski definition) is 4. The number of aliphatic imine (C=N–C) groups is 1. The van der Waals surface area contributed by atoms with Crippen molar-refractivity contribution in [3.05, 3.63) is 28.7 Å². The molecule has 1 aromatic rings. The quantitative estimate of drug-likeness (QED) is 0.709. The zero-order valence-electron chi connectivity index (χ0n) is 10.9. The van der Waals surface area contributed by atoms with Crippen LogP contribution in [0.15, 0.2) is 33.7 Å². The maximum Gasteiger partial charge on any atom is 0.191 e. The third kappa shape index (κ3) is 5.56. The van der Waals surface area contributed by atoms with Gasteiger partial charge in [-0.15, -0.1) is 24.0 Å². The summed E-state index contributed by atoms with van der Waals surface area (Å²) in [4.78, 5) is 4.36. The van der Waals surface area contributed by atoms with Crippen molar-refractivity contribution in [2.75, 3.05) is 19.6 Å². The summed E-state index contributed by atoms with van der Waals surface area (Å²) in [5, 5.41) is 6.48. The SMILES string of the molecule is CC(CNC1=NCCCN1)Oc1ccccc1Br.I. The standard InChI is InChI=1S/C13H18BrN3O.HI/c1-10(9-17-13-15-7-4-8-16-13)18-12-6-3-2-5-11(12)14;/h2-3,5-6,10H,4,7-9H2,1H3,(H2,15,16,17);1H. The van der Waals surface area contributed by atoms with Crippen LogP contribution in [0.5, 0.6) is 5.75 Å². The molecule has 2 rings (SSSR count). The summed E-state index contributed by atoms with van der Waals surface area (Å²) in [6.45, 7) is 4.66. The zero-order chi connectivity index (χ0) is 12.8. The summed E-state index contributed by atoms with van der Waals surface area (Å²) < 4.78 is 6.82. The predicted molar refractivity (Wildman–Crippen MR) is 92.6 cm³/mol. The minimum absolute atomic E-state index is 0. The number of para-hydroxylation sites is 1. The van der Waals surface area contributed by atoms with E-state index in [4.69, 9.17) is 4.74 Å². The van der Waals surface area contributed by atoms with Gasteiger partial charge in [-0.3, -0.25) is 4.99 Å². The highest BCUT2D eigenvalue weighted by Crippen LogP contribution is 2.24. The van der Waals surface area contributed by atoms with Crippen molar-refractivity contribution in [1.82, 2.24) is 10.6 Å². The van der Waals surface area contributed by atoms with Crippen LogP contribution >= 0.6 is 39.9 Å². The van der Waals surface area contributed by atoms with E-state index in [9.17, 15) is 0 Å². The van der Waals surface area contributed by atoms with Crippen molar-refractivity contribution >= 4 is 45.9 Å². The maximum absolute atomic E-state index is 5.84. The molecule has 0 fully saturated rings. The molecule has 4 nitrogen and oxygen atoms in total. The summed E-state index contributed by atoms with van der Waals surface area (Å²) in [5.41, 5.74) is 0. The van der Waals surface area contributed by atoms with Gasteiger partial charge < -0.3 is 15.4 Å². The van der Waals surface area contributed by atoms with Crippen molar-refractivity contribution in [3.63, 3.8) is 0 Å². The third-order valence-electron chi connectivity index (χ3n) is 2.62. The molecular weight excluding hydrogens is 421 g/mol. The molecule has 0 aliphatic carbocycles. The second kappa shape index (κ2) is 8.63. The van der Waals surface area contributed by atoms with Gasteiger partial charge in [-0.05, 0) is 41.4 Å². The smallest absolute Gasteiger partial charge is 0.191 e. The second-order valence-electron chi connectivity index (χ2n) is 4.25. The third-order valence-corrected chi connectivity index (χ3v) is 3.27. The Morgan fingerprint density at radius 3 is 2.95 bits per heavy atom. The number of rotatable bonds is 4. The van der Waals surface area contributed by atoms with Crippen molar-refractivity contribution < 1.29 is 4.74 Å². The van der Waals surface area contributed by atoms with Gasteiger partial charge in [0, 0.05) is 13.1 Å². The van der Waals surface area contributed by atoms with Gasteiger partial charge in [-0.1, -0.05) is 12.1 Å². The first-order valence-corrected chi connectivity index (χ1v) is 6.98. The van der Waals surface area contributed by atoms with E-state index < -0.39 is 0 Å². The zero-order valence-corrected chi connectivity index (χ0v) is 14.8. The van der Waals surface area contributed by atoms with E-state index in [2.05, 4.69) is 31.6 Å². The lowest BCUT2D eigenvalue weighted by Gasteiger charge is -2.20. The molecule has 106 valence electrons. The van der Waals surface area contributed by atoms with Gasteiger partial charge >= 0.3 is 0 Å². The van der Waals surface area contributed by atoms with Crippen LogP contribution in [-0.2, 0) is 0 Å². The van der Waals surface area contributed by atoms with E-state index in [1.807, 2.05) is 31.2 Å². The van der Waals surface area contributed by atoms with Gasteiger partial charge in [0.1, 0.15) is 11.9 Å². The molecule has 0 radical (unpaired) electrons. The summed E-state index contributed by atoms with van der Waals surface area (Å²) >= 11 is 3.47. The number of guanidine groups is 1. The van der Waals surface area contributed by atoms with Gasteiger partial charge in [-0.25, -0.2) is 0 Å². The van der Waals surface area contributed by atoms with E-state index in [1.54, 1.807) is 0 Å². The molecule has 0 amide bonds. The van der Waals surface area contributed by atoms with Crippen LogP contribution in [0.25, 0.3) is 0 Å². The van der Waals surface area contributed by atoms with Gasteiger partial charge in [0.2, 0.25) is 0 Å². The molecule has 1 aromatic carbocycles. The molecule has 1 aliphatic heterocycles. The van der Waals surface area contributed by atoms with Crippen LogP contribution < -0.4 is 15.4 Å². The number of benzene rings is 1. The molecule has 19 heavy (non-hydrogen) atoms. The topological polar surface area (TPSA) is 45.7 Å². The second-order valence-corrected chi connectivity index (χ2v) is 5.10. The molecule has 1 atom stereocenters. The highest BCUT2D eigenvalue weighted by molar-refractivity contribution is 14.0. The number of halogens is 2. The average Bonchev–Trinajstić information content (AvgIpc) is 2.40. The number of ether oxygens (including phenoxy) is 1. The van der Waals surface area contributed by atoms with E-state index >= 15 is 0 Å². The Morgan fingerprint density at radius 2 is 2.26 bits per heavy atom. The van der Waals surface area contributed by atoms with Crippen LogP contribution in [0.3, 0.4) is 0 Å². The van der Waals surface area contributed by atoms with Gasteiger partial charge in [0.25, 0.3) is 0 Å². The molecule has 6 heteroatoms. The van der Waals surface area contributed by atoms with Crippen molar-refractivity contribution in [3.8, 4) is 5.75 Å². The van der Waals surface area contributed by atoms with Crippen LogP contribution in [-0.4, -0.2) is 31.7 Å². The van der Waals surface area contributed by atoms with Crippen molar-refractivity contribution in [2.24, 2.45) is 4.99 Å². The molecule has 0 aromatic heterocycles. The fourth-order valence-electron chi connectivity index (χ4n) is 1.69. The first-order valence-electron chi connectivity index (χ1n) is 6.19. The van der Waals surface area contributed by atoms with E-state index in [1.165, 1.54) is 0 Å². The molecule has 2 N–H and O–H groups in total. The van der Waals surface area contributed by atoms with Crippen LogP contribution in [0.4, 0.5) is 0 Å². The fourth-order valence-corrected chi connectivity index (χ4v) is 2.07. The predicted octanol–water partition coefficient (Wildman–Crippen LogP) is 2.77. The lowest BCUT2D eigenvalue weighted by molar-refractivity contribution is 0.222. The van der Waals surface area contributed by atoms with Crippen molar-refractivity contribution in [2.45, 2.75) is 19.4 Å². The molecule has 0 saturated heterocycles. The van der Waals surface area contributed by atoms with Gasteiger partial charge in [0.05, 0.1) is 11.0 Å². The van der Waals surface area contributed by atoms with Gasteiger partial charge in [0.15, 0.2) is 5.96 Å². The fraction of sp³-hybridized carbons (Fsp3) is 0.462. The van der Waals surface area contributed by atoms with Crippen molar-refractivity contribution in [1.29, 1.82) is 0 Å². The first kappa shape index (κ1) is 16.6. The normalized spacial score (nSPS) is 15.6. The highest BCUT2D eigenvalue weighted by atomic mass is 127. The molecular formula is C13H19BrIN3O. The average molecular weight is 440 g/mol. The van der Waals surface area contributed by atoms with Crippen LogP contribution in [0.2, 0.25) is 0 Å². The molecule has 0 bridgehead atoms. The van der Waals surface area contributed by atoms with Crippen LogP contribution in [0.1, 0.15) is 13.3 Å². The number of nitrogens with one attached hydrogen (secondary N) is 2. The molecule has 0 spiro atoms. The maximum atomic E-state index is 5.84. The molecule has 1 unspecified atom stereocenters. The molecule has 1 aliphatic rings. The Kier molecular flexibility index (Phi) is 7.52. The Labute approximate surface area is 139 Å². The van der Waals surface area contributed by atoms with E-state index in [-0.39, 0.29) is 30.1 Å². The summed E-state index contributed by atoms with van der Waals surface area (Å²) in [5.74, 6) is 1.74. The summed E-state index contributed by atoms with van der Waals surface area (Å²) in [6, 6.07) is 7.87. The highest BCUT2D eigenvalue weighted by Gasteiger charge is 2.09. The number of hydrogen-bond donors (Lipinski definition) is 2. The molecule has 1 heterocycles. The first-order chi connectivity index (χ1) is 8.75. The Bertz CT molecular complexity index is 428. The monoisotopic (exact) mass is 439 g/mol. The summed E-state index contributed by atoms with van der Waals surface area (Å²) in [7, 11) is 0. The minimum Gasteiger partial charge on any atom is -0.488 e. The summed E-state index contributed by atoms with van der Waals surface area (Å²) in [6.07, 6.45) is 1.18. The number of nitrogens with zero attached hydrogens (tertiary/aromatic N) is 1. The largest absolute Gasteiger partial charge is 0.488 e. The Morgan fingerprint density at radius 1 is 1.47 bits per heavy atom. The van der Waals surface area contributed by atoms with E-state index in [0.717, 1.165) is 42.2 Å². The lowest BCUT2D eigenvalue weighted by Crippen LogP contribution is -2.44. The minimum atomic E-state index is 0. The van der Waals surface area contributed by atoms with E-state index in [0.29, 0.717) is 0 Å². The Hall–Kier alpha value is -0.500. The van der Waals surface area contributed by atoms with Gasteiger partial charge in [-0.2, -0.15) is 0 Å². The lowest BCUT2D eigenvalue weighted by atomic mass is 10.3. The molecule has 0 saturated carbocycles. The van der Waals surface area contributed by atoms with Crippen LogP contribution in [0, 0.1) is 0 Å². The Balaban J connectivity index is 0.00000180.